The van der Waals surface area contributed by atoms with Crippen LogP contribution >= 0.6 is 34.7 Å². The van der Waals surface area contributed by atoms with Crippen LogP contribution in [-0.2, 0) is 43.8 Å². The van der Waals surface area contributed by atoms with Crippen LogP contribution in [0.15, 0.2) is 147 Å². The van der Waals surface area contributed by atoms with Crippen molar-refractivity contribution in [3.05, 3.63) is 160 Å². The molecule has 31 heteroatoms. The van der Waals surface area contributed by atoms with Crippen molar-refractivity contribution in [3.63, 3.8) is 0 Å². The number of nitrogens with one attached hydrogen (secondary N) is 4. The lowest BCUT2D eigenvalue weighted by molar-refractivity contribution is -0.144. The molecule has 6 atom stereocenters. The van der Waals surface area contributed by atoms with E-state index in [1.807, 2.05) is 116 Å². The molecule has 6 aromatic rings. The summed E-state index contributed by atoms with van der Waals surface area (Å²) in [5, 5.41) is 20.5. The normalized spacial score (nSPS) is 20.8. The number of unbranched alkanes of at least 4 members (excludes halogenated alkanes) is 2. The lowest BCUT2D eigenvalue weighted by atomic mass is 9.71. The van der Waals surface area contributed by atoms with E-state index in [4.69, 9.17) is 16.3 Å². The molecule has 0 saturated carbocycles. The molecule has 5 N–H and O–H groups in total. The summed E-state index contributed by atoms with van der Waals surface area (Å²) in [6, 6.07) is 31.6. The fraction of sp³-hybridized carbons (Fsp3) is 0.540. The van der Waals surface area contributed by atoms with Crippen molar-refractivity contribution in [2.75, 3.05) is 140 Å². The number of amides is 5. The number of hydrogen-bond donors (Lipinski definition) is 5. The number of piperazine rings is 2. The van der Waals surface area contributed by atoms with E-state index in [2.05, 4.69) is 64.5 Å². The first-order chi connectivity index (χ1) is 56.2. The molecule has 118 heavy (non-hydrogen) atoms. The van der Waals surface area contributed by atoms with E-state index in [-0.39, 0.29) is 54.1 Å². The van der Waals surface area contributed by atoms with Gasteiger partial charge in [0.25, 0.3) is 25.8 Å². The predicted molar refractivity (Wildman–Crippen MR) is 458 cm³/mol. The average molecular weight is 1720 g/mol. The number of piperidine rings is 1. The standard InChI is InChI=1S/C87H114ClF3N12O11S4/c1-60(63-17-19-65(20-18-63)80-61(2)92-59-116-80)93-83(108)76-51-71(104)56-103(76)84(109)81(85(3,4)5)95-78(105)15-11-8-12-16-79(106)102-45-41-98(42-46-102)54-62-32-36-100(37-33-62)58-86(6)35-31-74(64-21-25-68(88)26-22-64)67(53-86)55-99-39-43-101(44-40-99)70-27-23-66(24-28-70)82(107)96-118(112,113)73-29-30-75(77(52-73)117(110,111)87(89,90)91)94-69(34-38-97-47-49-114-50-48-97)57-115-72-13-9-7-10-14-72/h7,9-10,13-14,17-30,52,59-60,62,69,71,76,81,94,104H,8,11-12,15-16,31-51,53-58H2,1-6H3,(H,93,108)(H,95,105)(H,96,107)/t60-,69+,71+,76-,81+,86?/m0/s1. The SMILES string of the molecule is Cc1ncsc1-c1ccc([C@H](C)NC(=O)[C@@H]2C[C@@H](O)CN2C(=O)[C@@H](NC(=O)CCCCCC(=O)N2CCN(CC3CCN(CC4(C)CCC(c5ccc(Cl)cc5)=C(CN5CCN(c6ccc(C(=O)NS(=O)(=O)c7ccc(N[C@H](CCN8CCOCC8)CSc8ccccc8)c(S(=O)(=O)C(F)(F)F)c7)cc6)CC5)C4)CC3)CC2)C(C)(C)C)cc1. The van der Waals surface area contributed by atoms with Crippen LogP contribution in [0.3, 0.4) is 0 Å². The molecule has 5 saturated heterocycles. The number of aliphatic hydroxyl groups is 1. The maximum absolute atomic E-state index is 14.4. The van der Waals surface area contributed by atoms with Gasteiger partial charge in [0.1, 0.15) is 17.0 Å². The molecule has 1 aliphatic carbocycles. The number of allylic oxidation sites excluding steroid dienone is 1. The van der Waals surface area contributed by atoms with Gasteiger partial charge in [-0.3, -0.25) is 38.7 Å². The number of nitrogens with zero attached hydrogens (tertiary/aromatic N) is 8. The Labute approximate surface area is 706 Å². The number of aromatic nitrogens is 1. The Hall–Kier alpha value is -7.49. The summed E-state index contributed by atoms with van der Waals surface area (Å²) in [6.45, 7) is 25.7. The number of hydrogen-bond acceptors (Lipinski definition) is 20. The second-order valence-electron chi connectivity index (χ2n) is 34.0. The Kier molecular flexibility index (Phi) is 30.4. The number of halogens is 4. The summed E-state index contributed by atoms with van der Waals surface area (Å²) in [5.41, 5.74) is 2.66. The van der Waals surface area contributed by atoms with Crippen molar-refractivity contribution < 1.29 is 63.8 Å². The molecule has 0 radical (unpaired) electrons. The second kappa shape index (κ2) is 40.0. The molecule has 5 fully saturated rings. The maximum Gasteiger partial charge on any atom is 0.501 e. The summed E-state index contributed by atoms with van der Waals surface area (Å²) in [6.07, 6.45) is 7.29. The number of ether oxygens (including phenoxy) is 1. The fourth-order valence-electron chi connectivity index (χ4n) is 17.1. The molecule has 6 aliphatic rings. The van der Waals surface area contributed by atoms with Crippen LogP contribution < -0.4 is 25.6 Å². The van der Waals surface area contributed by atoms with Gasteiger partial charge in [0.05, 0.1) is 52.0 Å². The number of aliphatic hydroxyl groups excluding tert-OH is 1. The average Bonchev–Trinajstić information content (AvgIpc) is 0.948. The highest BCUT2D eigenvalue weighted by atomic mass is 35.5. The van der Waals surface area contributed by atoms with Crippen LogP contribution in [-0.4, -0.2) is 246 Å². The summed E-state index contributed by atoms with van der Waals surface area (Å²) in [7, 11) is -11.0. The third-order valence-electron chi connectivity index (χ3n) is 24.0. The highest BCUT2D eigenvalue weighted by molar-refractivity contribution is 7.99. The number of likely N-dealkylation sites (tertiary alicyclic amines) is 2. The number of benzene rings is 5. The third-order valence-corrected chi connectivity index (χ3v) is 29.2. The van der Waals surface area contributed by atoms with Gasteiger partial charge < -0.3 is 45.4 Å². The van der Waals surface area contributed by atoms with Crippen LogP contribution in [0, 0.1) is 23.7 Å². The van der Waals surface area contributed by atoms with Crippen molar-refractivity contribution in [1.82, 2.24) is 49.7 Å². The number of anilines is 2. The molecule has 5 amide bonds. The first-order valence-electron chi connectivity index (χ1n) is 41.4. The lowest BCUT2D eigenvalue weighted by Gasteiger charge is -2.44. The lowest BCUT2D eigenvalue weighted by Crippen LogP contribution is -2.57. The van der Waals surface area contributed by atoms with Crippen molar-refractivity contribution >= 4 is 101 Å². The van der Waals surface area contributed by atoms with E-state index < -0.39 is 82.3 Å². The first kappa shape index (κ1) is 89.8. The molecule has 640 valence electrons. The summed E-state index contributed by atoms with van der Waals surface area (Å²) >= 11 is 9.44. The van der Waals surface area contributed by atoms with Crippen LogP contribution in [0.2, 0.25) is 5.02 Å². The Balaban J connectivity index is 0.563. The Morgan fingerprint density at radius 3 is 2.09 bits per heavy atom. The zero-order valence-corrected chi connectivity index (χ0v) is 72.5. The molecule has 5 aliphatic heterocycles. The summed E-state index contributed by atoms with van der Waals surface area (Å²) < 4.78 is 105. The number of sulfone groups is 1. The van der Waals surface area contributed by atoms with Crippen molar-refractivity contribution in [2.24, 2.45) is 16.7 Å². The minimum Gasteiger partial charge on any atom is -0.391 e. The van der Waals surface area contributed by atoms with Gasteiger partial charge in [-0.2, -0.15) is 13.2 Å². The molecule has 5 aromatic carbocycles. The summed E-state index contributed by atoms with van der Waals surface area (Å²) in [5.74, 6) is -1.05. The molecule has 23 nitrogen and oxygen atoms in total. The molecule has 0 bridgehead atoms. The number of sulfonamides is 1. The minimum absolute atomic E-state index is 0.0159. The summed E-state index contributed by atoms with van der Waals surface area (Å²) in [4.78, 5) is 88.5. The minimum atomic E-state index is -6.10. The van der Waals surface area contributed by atoms with E-state index >= 15 is 0 Å². The Bertz CT molecular complexity index is 4690. The van der Waals surface area contributed by atoms with Crippen LogP contribution in [0.4, 0.5) is 24.5 Å². The Morgan fingerprint density at radius 1 is 0.763 bits per heavy atom. The quantitative estimate of drug-likeness (QED) is 0.0194. The van der Waals surface area contributed by atoms with E-state index in [0.29, 0.717) is 114 Å². The molecular formula is C87H114ClF3N12O11S4. The largest absolute Gasteiger partial charge is 0.501 e. The van der Waals surface area contributed by atoms with Gasteiger partial charge in [0.15, 0.2) is 0 Å². The highest BCUT2D eigenvalue weighted by Gasteiger charge is 2.49. The van der Waals surface area contributed by atoms with Gasteiger partial charge in [-0.15, -0.1) is 23.1 Å². The molecule has 1 unspecified atom stereocenters. The van der Waals surface area contributed by atoms with Gasteiger partial charge in [0.2, 0.25) is 23.6 Å². The van der Waals surface area contributed by atoms with Crippen molar-refractivity contribution in [1.29, 1.82) is 0 Å². The fourth-order valence-corrected chi connectivity index (χ4v) is 21.0. The van der Waals surface area contributed by atoms with Crippen molar-refractivity contribution in [3.8, 4) is 10.4 Å². The number of aryl methyl sites for hydroxylation is 1. The Morgan fingerprint density at radius 2 is 1.43 bits per heavy atom. The third kappa shape index (κ3) is 23.8. The van der Waals surface area contributed by atoms with Crippen LogP contribution in [0.5, 0.6) is 0 Å². The second-order valence-corrected chi connectivity index (χ2v) is 40.0. The number of morpholine rings is 1. The highest BCUT2D eigenvalue weighted by Crippen LogP contribution is 2.45. The van der Waals surface area contributed by atoms with E-state index in [1.54, 1.807) is 23.5 Å². The molecule has 6 heterocycles. The van der Waals surface area contributed by atoms with Crippen molar-refractivity contribution in [2.45, 2.75) is 169 Å². The predicted octanol–water partition coefficient (Wildman–Crippen LogP) is 12.4. The monoisotopic (exact) mass is 1720 g/mol. The number of thioether (sulfide) groups is 1. The zero-order chi connectivity index (χ0) is 84.1. The van der Waals surface area contributed by atoms with E-state index in [0.717, 1.165) is 135 Å². The number of alkyl halides is 3. The van der Waals surface area contributed by atoms with Gasteiger partial charge in [-0.05, 0) is 184 Å². The smallest absolute Gasteiger partial charge is 0.391 e. The maximum atomic E-state index is 14.4. The number of carbonyl (C=O) groups excluding carboxylic acids is 5. The van der Waals surface area contributed by atoms with Crippen LogP contribution in [0.1, 0.15) is 145 Å². The topological polar surface area (TPSA) is 267 Å². The number of rotatable bonds is 32. The first-order valence-corrected chi connectivity index (χ1v) is 46.6. The van der Waals surface area contributed by atoms with E-state index in [9.17, 15) is 59.1 Å². The van der Waals surface area contributed by atoms with Crippen LogP contribution in [0.25, 0.3) is 16.0 Å². The molecule has 0 spiro atoms. The van der Waals surface area contributed by atoms with E-state index in [1.165, 1.54) is 45.5 Å². The zero-order valence-electron chi connectivity index (χ0n) is 68.5. The van der Waals surface area contributed by atoms with Gasteiger partial charge in [-0.25, -0.2) is 26.5 Å². The molecular weight excluding hydrogens is 1610 g/mol. The molecule has 12 rings (SSSR count). The number of carbonyl (C=O) groups is 5. The van der Waals surface area contributed by atoms with Gasteiger partial charge in [0, 0.05) is 150 Å². The number of β-amino-alcohol motifs (C(OH)–C–C–N with tert-alkyl or cyclic N) is 1. The van der Waals surface area contributed by atoms with Gasteiger partial charge in [-0.1, -0.05) is 106 Å². The molecule has 1 aromatic heterocycles. The van der Waals surface area contributed by atoms with Gasteiger partial charge >= 0.3 is 5.51 Å². The number of thiazole rings is 1.